The number of nitrogens with two attached hydrogens (primary N) is 1. The van der Waals surface area contributed by atoms with Crippen LogP contribution >= 0.6 is 0 Å². The van der Waals surface area contributed by atoms with E-state index in [1.165, 1.54) is 12.1 Å². The number of nitrogens with one attached hydrogen (secondary N) is 5. The van der Waals surface area contributed by atoms with Gasteiger partial charge in [0.1, 0.15) is 0 Å². The maximum Gasteiger partial charge on any atom is 0.335 e. The number of hydrogen-bond acceptors (Lipinski definition) is 22. The molecule has 0 aliphatic carbocycles. The standard InChI is InChI=1S/C24H24N6O2.C23H22N6O3.C23H21N5O3.C5H11NO2/c1-25-24(31)18-4-2-3-17(15-18)21-16-30-10-9-26-23(30)22(28-21)27-19-5-7-20(8-6-19)29-11-13-32-14-12-29;30-23(27-31)17-3-1-2-16(14-17)20-15-29-9-8-24-22(29)21(26-20)25-18-4-6-19(7-5-18)28-10-12-32-13-11-28;29-23(30)17-3-1-2-16(14-17)20-15-28-9-8-24-22(28)21(26-20)25-18-4-6-19(7-5-18)27-10-12-31-13-11-27;6-8-5-3-1-2-4-7-5/h2-10,15-16H,11-14H2,1H3,(H,25,31)(H,27,28);1-9,14-15,31H,10-13H2,(H,25,26)(H,27,30);1-9,14-15H,10-13H2,(H,25,26)(H,29,30);5H,1-4,6H2. The van der Waals surface area contributed by atoms with Crippen LogP contribution in [0, 0.1) is 0 Å². The molecule has 2 amide bonds. The van der Waals surface area contributed by atoms with Gasteiger partial charge >= 0.3 is 5.97 Å². The fraction of sp³-hybridized carbons (Fsp3) is 0.240. The van der Waals surface area contributed by atoms with Gasteiger partial charge in [-0.3, -0.25) is 19.6 Å². The van der Waals surface area contributed by atoms with E-state index in [1.807, 2.05) is 117 Å². The predicted molar refractivity (Wildman–Crippen MR) is 392 cm³/mol. The molecule has 1 atom stereocenters. The highest BCUT2D eigenvalue weighted by Gasteiger charge is 2.20. The molecule has 4 saturated heterocycles. The van der Waals surface area contributed by atoms with Gasteiger partial charge in [0.05, 0.1) is 62.3 Å². The molecule has 528 valence electrons. The Morgan fingerprint density at radius 2 is 0.835 bits per heavy atom. The van der Waals surface area contributed by atoms with Crippen molar-refractivity contribution in [3.05, 3.63) is 218 Å². The summed E-state index contributed by atoms with van der Waals surface area (Å²) in [6.07, 6.45) is 19.5. The third-order valence-corrected chi connectivity index (χ3v) is 17.5. The summed E-state index contributed by atoms with van der Waals surface area (Å²) in [7, 11) is 1.62. The number of hydrogen-bond donors (Lipinski definition) is 8. The summed E-state index contributed by atoms with van der Waals surface area (Å²) in [5.74, 6) is 5.05. The number of carboxylic acid groups (broad SMARTS) is 1. The molecule has 4 aliphatic heterocycles. The highest BCUT2D eigenvalue weighted by molar-refractivity contribution is 5.96. The number of fused-ring (bicyclic) bond motifs is 3. The Morgan fingerprint density at radius 3 is 1.16 bits per heavy atom. The molecule has 6 aromatic heterocycles. The van der Waals surface area contributed by atoms with Crippen LogP contribution in [0.3, 0.4) is 0 Å². The van der Waals surface area contributed by atoms with Crippen molar-refractivity contribution in [2.75, 3.05) is 123 Å². The van der Waals surface area contributed by atoms with E-state index in [2.05, 4.69) is 92.2 Å². The Bertz CT molecular complexity index is 4640. The van der Waals surface area contributed by atoms with Gasteiger partial charge in [-0.2, -0.15) is 0 Å². The SMILES string of the molecule is CNC(=O)c1cccc(-c2cn3ccnc3c(Nc3ccc(N4CCOCC4)cc3)n2)c1.NOC1CCCCO1.O=C(NO)c1cccc(-c2cn3ccnc3c(Nc3ccc(N4CCOCC4)cc3)n2)c1.O=C(O)c1cccc(-c2cn3ccnc3c(Nc3ccc(N4CCOCC4)cc3)n2)c1. The van der Waals surface area contributed by atoms with Crippen molar-refractivity contribution in [3.63, 3.8) is 0 Å². The molecule has 6 aromatic carbocycles. The van der Waals surface area contributed by atoms with Crippen LogP contribution < -0.4 is 47.3 Å². The van der Waals surface area contributed by atoms with E-state index in [0.29, 0.717) is 51.3 Å². The Balaban J connectivity index is 0.000000130. The Kier molecular flexibility index (Phi) is 22.6. The first-order chi connectivity index (χ1) is 50.5. The van der Waals surface area contributed by atoms with Crippen LogP contribution in [0.5, 0.6) is 0 Å². The lowest BCUT2D eigenvalue weighted by Gasteiger charge is -2.28. The lowest BCUT2D eigenvalue weighted by atomic mass is 10.1. The Hall–Kier alpha value is -11.9. The van der Waals surface area contributed by atoms with Gasteiger partial charge in [0.15, 0.2) is 40.7 Å². The average molecular weight is 1390 g/mol. The van der Waals surface area contributed by atoms with Crippen LogP contribution in [-0.4, -0.2) is 170 Å². The fourth-order valence-corrected chi connectivity index (χ4v) is 12.1. The van der Waals surface area contributed by atoms with E-state index in [4.69, 9.17) is 45.0 Å². The highest BCUT2D eigenvalue weighted by Crippen LogP contribution is 2.32. The molecule has 103 heavy (non-hydrogen) atoms. The van der Waals surface area contributed by atoms with E-state index < -0.39 is 11.9 Å². The maximum absolute atomic E-state index is 12.0. The zero-order valence-corrected chi connectivity index (χ0v) is 56.5. The Labute approximate surface area is 592 Å². The van der Waals surface area contributed by atoms with Crippen LogP contribution in [0.4, 0.5) is 51.6 Å². The number of rotatable bonds is 16. The largest absolute Gasteiger partial charge is 0.478 e. The summed E-state index contributed by atoms with van der Waals surface area (Å²) in [4.78, 5) is 74.2. The summed E-state index contributed by atoms with van der Waals surface area (Å²) in [5.41, 5.74) is 15.5. The molecule has 1 unspecified atom stereocenters. The number of nitrogens with zero attached hydrogens (tertiary/aromatic N) is 12. The highest BCUT2D eigenvalue weighted by atomic mass is 16.7. The monoisotopic (exact) mass is 1390 g/mol. The van der Waals surface area contributed by atoms with Crippen LogP contribution in [0.1, 0.15) is 50.3 Å². The van der Waals surface area contributed by atoms with E-state index in [9.17, 15) is 19.5 Å². The van der Waals surface area contributed by atoms with Crippen molar-refractivity contribution < 1.29 is 48.5 Å². The van der Waals surface area contributed by atoms with Gasteiger partial charge in [0.25, 0.3) is 11.8 Å². The lowest BCUT2D eigenvalue weighted by molar-refractivity contribution is -0.164. The third kappa shape index (κ3) is 17.5. The number of anilines is 9. The number of hydroxylamine groups is 1. The molecule has 0 spiro atoms. The second-order valence-electron chi connectivity index (χ2n) is 24.2. The van der Waals surface area contributed by atoms with Crippen molar-refractivity contribution >= 4 is 86.3 Å². The molecular formula is C75H78N18O10. The minimum absolute atomic E-state index is 0.130. The van der Waals surface area contributed by atoms with Gasteiger partial charge < -0.3 is 73.2 Å². The normalized spacial score (nSPS) is 15.2. The molecule has 0 saturated carbocycles. The molecule has 9 N–H and O–H groups in total. The summed E-state index contributed by atoms with van der Waals surface area (Å²) in [5, 5.41) is 31.0. The van der Waals surface area contributed by atoms with Crippen molar-refractivity contribution in [3.8, 4) is 33.8 Å². The number of carbonyl (C=O) groups is 3. The van der Waals surface area contributed by atoms with Crippen molar-refractivity contribution in [2.45, 2.75) is 25.6 Å². The Morgan fingerprint density at radius 1 is 0.476 bits per heavy atom. The van der Waals surface area contributed by atoms with Gasteiger partial charge in [0, 0.05) is 177 Å². The topological polar surface area (TPSA) is 324 Å². The minimum atomic E-state index is -0.968. The molecule has 12 aromatic rings. The number of imidazole rings is 3. The van der Waals surface area contributed by atoms with Crippen molar-refractivity contribution in [1.82, 2.24) is 53.9 Å². The zero-order chi connectivity index (χ0) is 70.9. The summed E-state index contributed by atoms with van der Waals surface area (Å²) in [6.45, 7) is 10.7. The smallest absolute Gasteiger partial charge is 0.335 e. The number of benzene rings is 6. The molecule has 10 heterocycles. The van der Waals surface area contributed by atoms with Gasteiger partial charge in [-0.1, -0.05) is 36.4 Å². The van der Waals surface area contributed by atoms with Gasteiger partial charge in [-0.05, 0) is 122 Å². The van der Waals surface area contributed by atoms with Crippen molar-refractivity contribution in [1.29, 1.82) is 0 Å². The van der Waals surface area contributed by atoms with Crippen LogP contribution in [-0.2, 0) is 23.8 Å². The summed E-state index contributed by atoms with van der Waals surface area (Å²) >= 11 is 0. The second-order valence-corrected chi connectivity index (χ2v) is 24.2. The van der Waals surface area contributed by atoms with E-state index in [1.54, 1.807) is 73.6 Å². The van der Waals surface area contributed by atoms with E-state index in [0.717, 1.165) is 155 Å². The summed E-state index contributed by atoms with van der Waals surface area (Å²) < 4.78 is 27.1. The molecule has 4 aliphatic rings. The lowest BCUT2D eigenvalue weighted by Crippen LogP contribution is -2.36. The van der Waals surface area contributed by atoms with Crippen LogP contribution in [0.2, 0.25) is 0 Å². The van der Waals surface area contributed by atoms with Crippen LogP contribution in [0.25, 0.3) is 50.7 Å². The minimum Gasteiger partial charge on any atom is -0.478 e. The molecular weight excluding hydrogens is 1310 g/mol. The quantitative estimate of drug-likeness (QED) is 0.0329. The first kappa shape index (κ1) is 69.6. The number of aromatic carboxylic acids is 1. The van der Waals surface area contributed by atoms with Gasteiger partial charge in [-0.15, -0.1) is 0 Å². The number of ether oxygens (including phenoxy) is 4. The number of amides is 2. The third-order valence-electron chi connectivity index (χ3n) is 17.5. The molecule has 28 heteroatoms. The van der Waals surface area contributed by atoms with Gasteiger partial charge in [-0.25, -0.2) is 46.1 Å². The number of aromatic nitrogens is 9. The summed E-state index contributed by atoms with van der Waals surface area (Å²) in [6, 6.07) is 45.8. The first-order valence-corrected chi connectivity index (χ1v) is 33.8. The molecule has 4 fully saturated rings. The van der Waals surface area contributed by atoms with E-state index >= 15 is 0 Å². The van der Waals surface area contributed by atoms with E-state index in [-0.39, 0.29) is 17.8 Å². The second kappa shape index (κ2) is 33.5. The average Bonchev–Trinajstić information content (AvgIpc) is 1.76. The molecule has 0 bridgehead atoms. The van der Waals surface area contributed by atoms with Gasteiger partial charge in [0.2, 0.25) is 0 Å². The van der Waals surface area contributed by atoms with Crippen LogP contribution in [0.15, 0.2) is 201 Å². The zero-order valence-electron chi connectivity index (χ0n) is 56.5. The maximum atomic E-state index is 12.0. The fourth-order valence-electron chi connectivity index (χ4n) is 12.1. The number of carboxylic acids is 1. The molecule has 0 radical (unpaired) electrons. The predicted octanol–water partition coefficient (Wildman–Crippen LogP) is 10.5. The molecule has 16 rings (SSSR count). The molecule has 28 nitrogen and oxygen atoms in total. The first-order valence-electron chi connectivity index (χ1n) is 33.8. The van der Waals surface area contributed by atoms with Crippen molar-refractivity contribution in [2.24, 2.45) is 5.90 Å². The number of morpholine rings is 3. The number of carbonyl (C=O) groups excluding carboxylic acids is 2.